The smallest absolute Gasteiger partial charge is 0.251 e. The second-order valence-corrected chi connectivity index (χ2v) is 8.89. The summed E-state index contributed by atoms with van der Waals surface area (Å²) in [6.45, 7) is 3.35. The number of alkyl halides is 2. The van der Waals surface area contributed by atoms with Crippen molar-refractivity contribution in [1.82, 2.24) is 20.4 Å². The van der Waals surface area contributed by atoms with Crippen LogP contribution < -0.4 is 10.6 Å². The topological polar surface area (TPSA) is 42.9 Å². The molecule has 29 heavy (non-hydrogen) atoms. The number of aliphatic imine (C=N–C) groups is 1. The van der Waals surface area contributed by atoms with E-state index in [-0.39, 0.29) is 30.5 Å². The van der Waals surface area contributed by atoms with E-state index in [1.54, 1.807) is 7.05 Å². The SMILES string of the molecule is CN=C(NCC1CCCN(C)C1c1cccs1)NC1CCN(CC(F)F)CC1.I. The molecule has 0 saturated carbocycles. The van der Waals surface area contributed by atoms with Gasteiger partial charge >= 0.3 is 0 Å². The van der Waals surface area contributed by atoms with E-state index in [1.165, 1.54) is 17.7 Å². The van der Waals surface area contributed by atoms with Crippen LogP contribution in [-0.2, 0) is 0 Å². The largest absolute Gasteiger partial charge is 0.356 e. The first-order valence-corrected chi connectivity index (χ1v) is 11.2. The molecule has 0 aliphatic carbocycles. The number of thiophene rings is 1. The normalized spacial score (nSPS) is 25.1. The highest BCUT2D eigenvalue weighted by molar-refractivity contribution is 14.0. The molecule has 2 aliphatic heterocycles. The molecular formula is C20H34F2IN5S. The molecule has 3 rings (SSSR count). The fourth-order valence-electron chi connectivity index (χ4n) is 4.45. The molecule has 9 heteroatoms. The Morgan fingerprint density at radius 3 is 2.66 bits per heavy atom. The molecule has 5 nitrogen and oxygen atoms in total. The van der Waals surface area contributed by atoms with Gasteiger partial charge in [0, 0.05) is 43.6 Å². The van der Waals surface area contributed by atoms with Gasteiger partial charge in [-0.25, -0.2) is 8.78 Å². The molecular weight excluding hydrogens is 507 g/mol. The second kappa shape index (κ2) is 12.4. The van der Waals surface area contributed by atoms with E-state index >= 15 is 0 Å². The summed E-state index contributed by atoms with van der Waals surface area (Å²) in [5, 5.41) is 9.18. The van der Waals surface area contributed by atoms with Crippen molar-refractivity contribution in [1.29, 1.82) is 0 Å². The van der Waals surface area contributed by atoms with Gasteiger partial charge in [-0.3, -0.25) is 14.8 Å². The van der Waals surface area contributed by atoms with E-state index in [9.17, 15) is 8.78 Å². The van der Waals surface area contributed by atoms with Crippen LogP contribution in [0, 0.1) is 5.92 Å². The van der Waals surface area contributed by atoms with Gasteiger partial charge in [-0.15, -0.1) is 35.3 Å². The zero-order chi connectivity index (χ0) is 19.9. The maximum atomic E-state index is 12.5. The minimum Gasteiger partial charge on any atom is -0.356 e. The third kappa shape index (κ3) is 7.29. The molecule has 2 saturated heterocycles. The van der Waals surface area contributed by atoms with Crippen LogP contribution in [0.2, 0.25) is 0 Å². The maximum absolute atomic E-state index is 12.5. The molecule has 2 aliphatic rings. The molecule has 0 amide bonds. The van der Waals surface area contributed by atoms with Crippen molar-refractivity contribution in [2.45, 2.75) is 44.2 Å². The molecule has 2 unspecified atom stereocenters. The molecule has 1 aromatic rings. The van der Waals surface area contributed by atoms with Crippen molar-refractivity contribution in [2.75, 3.05) is 46.8 Å². The number of guanidine groups is 1. The van der Waals surface area contributed by atoms with Crippen LogP contribution >= 0.6 is 35.3 Å². The Bertz CT molecular complexity index is 608. The molecule has 2 N–H and O–H groups in total. The Labute approximate surface area is 194 Å². The minimum atomic E-state index is -2.25. The third-order valence-electron chi connectivity index (χ3n) is 5.92. The van der Waals surface area contributed by atoms with Crippen molar-refractivity contribution < 1.29 is 8.78 Å². The predicted octanol–water partition coefficient (Wildman–Crippen LogP) is 3.64. The van der Waals surface area contributed by atoms with Crippen LogP contribution in [-0.4, -0.2) is 75.0 Å². The Hall–Kier alpha value is -0.520. The van der Waals surface area contributed by atoms with E-state index in [2.05, 4.69) is 45.1 Å². The predicted molar refractivity (Wildman–Crippen MR) is 128 cm³/mol. The van der Waals surface area contributed by atoms with Crippen molar-refractivity contribution in [3.05, 3.63) is 22.4 Å². The number of rotatable bonds is 6. The molecule has 3 heterocycles. The van der Waals surface area contributed by atoms with Gasteiger partial charge < -0.3 is 10.6 Å². The quantitative estimate of drug-likeness (QED) is 0.328. The molecule has 0 spiro atoms. The summed E-state index contributed by atoms with van der Waals surface area (Å²) in [6.07, 6.45) is 1.93. The van der Waals surface area contributed by atoms with E-state index in [1.807, 2.05) is 16.2 Å². The van der Waals surface area contributed by atoms with Crippen molar-refractivity contribution in [3.63, 3.8) is 0 Å². The zero-order valence-corrected chi connectivity index (χ0v) is 20.5. The van der Waals surface area contributed by atoms with E-state index < -0.39 is 6.43 Å². The van der Waals surface area contributed by atoms with Gasteiger partial charge in [0.2, 0.25) is 0 Å². The number of nitrogens with zero attached hydrogens (tertiary/aromatic N) is 3. The summed E-state index contributed by atoms with van der Waals surface area (Å²) in [5.74, 6) is 1.37. The van der Waals surface area contributed by atoms with Gasteiger partial charge in [0.1, 0.15) is 0 Å². The van der Waals surface area contributed by atoms with E-state index in [4.69, 9.17) is 0 Å². The minimum absolute atomic E-state index is 0. The van der Waals surface area contributed by atoms with Gasteiger partial charge in [0.05, 0.1) is 6.54 Å². The third-order valence-corrected chi connectivity index (χ3v) is 6.86. The Morgan fingerprint density at radius 2 is 2.03 bits per heavy atom. The van der Waals surface area contributed by atoms with Crippen LogP contribution in [0.5, 0.6) is 0 Å². The highest BCUT2D eigenvalue weighted by atomic mass is 127. The Morgan fingerprint density at radius 1 is 1.28 bits per heavy atom. The summed E-state index contributed by atoms with van der Waals surface area (Å²) < 4.78 is 25.1. The average Bonchev–Trinajstić information content (AvgIpc) is 3.20. The molecule has 166 valence electrons. The Kier molecular flexibility index (Phi) is 10.5. The molecule has 0 aromatic carbocycles. The highest BCUT2D eigenvalue weighted by Gasteiger charge is 2.31. The van der Waals surface area contributed by atoms with Crippen LogP contribution in [0.1, 0.15) is 36.6 Å². The fraction of sp³-hybridized carbons (Fsp3) is 0.750. The number of likely N-dealkylation sites (tertiary alicyclic amines) is 2. The molecule has 2 fully saturated rings. The fourth-order valence-corrected chi connectivity index (χ4v) is 5.44. The number of piperidine rings is 2. The van der Waals surface area contributed by atoms with Gasteiger partial charge in [0.25, 0.3) is 6.43 Å². The molecule has 0 radical (unpaired) electrons. The first-order chi connectivity index (χ1) is 13.6. The van der Waals surface area contributed by atoms with Crippen molar-refractivity contribution in [2.24, 2.45) is 10.9 Å². The summed E-state index contributed by atoms with van der Waals surface area (Å²) in [7, 11) is 4.02. The summed E-state index contributed by atoms with van der Waals surface area (Å²) in [4.78, 5) is 10.1. The van der Waals surface area contributed by atoms with Gasteiger partial charge in [-0.05, 0) is 56.6 Å². The monoisotopic (exact) mass is 541 g/mol. The molecule has 2 atom stereocenters. The first-order valence-electron chi connectivity index (χ1n) is 10.3. The van der Waals surface area contributed by atoms with Crippen LogP contribution in [0.3, 0.4) is 0 Å². The maximum Gasteiger partial charge on any atom is 0.251 e. The van der Waals surface area contributed by atoms with E-state index in [0.717, 1.165) is 31.9 Å². The summed E-state index contributed by atoms with van der Waals surface area (Å²) in [6, 6.07) is 5.12. The summed E-state index contributed by atoms with van der Waals surface area (Å²) >= 11 is 1.84. The number of halogens is 3. The summed E-state index contributed by atoms with van der Waals surface area (Å²) in [5.41, 5.74) is 0. The zero-order valence-electron chi connectivity index (χ0n) is 17.3. The van der Waals surface area contributed by atoms with Crippen molar-refractivity contribution in [3.8, 4) is 0 Å². The lowest BCUT2D eigenvalue weighted by Crippen LogP contribution is -2.50. The average molecular weight is 541 g/mol. The lowest BCUT2D eigenvalue weighted by atomic mass is 9.88. The lowest BCUT2D eigenvalue weighted by Gasteiger charge is -2.39. The number of nitrogens with one attached hydrogen (secondary N) is 2. The second-order valence-electron chi connectivity index (χ2n) is 7.91. The standard InChI is InChI=1S/C20H33F2N5S.HI/c1-23-20(25-16-7-10-27(11-8-16)14-18(21)22)24-13-15-5-3-9-26(2)19(15)17-6-4-12-28-17;/h4,6,12,15-16,18-19H,3,5,7-11,13-14H2,1-2H3,(H2,23,24,25);1H. The molecule has 0 bridgehead atoms. The van der Waals surface area contributed by atoms with Gasteiger partial charge in [0.15, 0.2) is 5.96 Å². The van der Waals surface area contributed by atoms with Crippen LogP contribution in [0.15, 0.2) is 22.5 Å². The Balaban J connectivity index is 0.00000300. The van der Waals surface area contributed by atoms with Gasteiger partial charge in [-0.1, -0.05) is 6.07 Å². The van der Waals surface area contributed by atoms with E-state index in [0.29, 0.717) is 31.1 Å². The van der Waals surface area contributed by atoms with Crippen LogP contribution in [0.4, 0.5) is 8.78 Å². The molecule has 1 aromatic heterocycles. The first kappa shape index (κ1) is 24.7. The number of hydrogen-bond acceptors (Lipinski definition) is 4. The lowest BCUT2D eigenvalue weighted by molar-refractivity contribution is 0.0744. The highest BCUT2D eigenvalue weighted by Crippen LogP contribution is 2.36. The number of hydrogen-bond donors (Lipinski definition) is 2. The van der Waals surface area contributed by atoms with Crippen LogP contribution in [0.25, 0.3) is 0 Å². The van der Waals surface area contributed by atoms with Gasteiger partial charge in [-0.2, -0.15) is 0 Å². The van der Waals surface area contributed by atoms with Crippen molar-refractivity contribution >= 4 is 41.3 Å².